The van der Waals surface area contributed by atoms with Gasteiger partial charge >= 0.3 is 0 Å². The largest absolute Gasteiger partial charge is 0.399 e. The molecule has 0 atom stereocenters. The summed E-state index contributed by atoms with van der Waals surface area (Å²) in [5, 5.41) is 0. The summed E-state index contributed by atoms with van der Waals surface area (Å²) in [6.45, 7) is 0. The van der Waals surface area contributed by atoms with Gasteiger partial charge in [-0.2, -0.15) is 0 Å². The number of carbonyl (C=O) groups excluding carboxylic acids is 2. The smallest absolute Gasteiger partial charge is 0.193 e. The van der Waals surface area contributed by atoms with E-state index in [1.807, 2.05) is 18.2 Å². The topological polar surface area (TPSA) is 138 Å². The zero-order chi connectivity index (χ0) is 23.1. The molecular formula is C26H24N4O2. The Hall–Kier alpha value is -4.58. The summed E-state index contributed by atoms with van der Waals surface area (Å²) < 4.78 is 0. The zero-order valence-electron chi connectivity index (χ0n) is 17.4. The van der Waals surface area contributed by atoms with E-state index in [1.54, 1.807) is 78.9 Å². The van der Waals surface area contributed by atoms with Crippen molar-refractivity contribution < 1.29 is 9.59 Å². The van der Waals surface area contributed by atoms with Crippen molar-refractivity contribution >= 4 is 34.3 Å². The molecule has 4 aromatic rings. The van der Waals surface area contributed by atoms with Gasteiger partial charge in [0.05, 0.1) is 11.4 Å². The van der Waals surface area contributed by atoms with Gasteiger partial charge in [-0.15, -0.1) is 0 Å². The molecule has 4 aromatic carbocycles. The lowest BCUT2D eigenvalue weighted by Crippen LogP contribution is -2.03. The molecule has 6 nitrogen and oxygen atoms in total. The minimum absolute atomic E-state index is 0.0278. The van der Waals surface area contributed by atoms with Gasteiger partial charge in [-0.25, -0.2) is 0 Å². The Morgan fingerprint density at radius 2 is 0.844 bits per heavy atom. The van der Waals surface area contributed by atoms with Crippen molar-refractivity contribution in [3.63, 3.8) is 0 Å². The first-order valence-corrected chi connectivity index (χ1v) is 9.85. The van der Waals surface area contributed by atoms with E-state index in [0.717, 1.165) is 0 Å². The highest BCUT2D eigenvalue weighted by molar-refractivity contribution is 6.10. The molecule has 0 spiro atoms. The van der Waals surface area contributed by atoms with E-state index in [2.05, 4.69) is 0 Å². The maximum atomic E-state index is 12.0. The Balaban J connectivity index is 0.000000181. The van der Waals surface area contributed by atoms with Crippen molar-refractivity contribution in [2.45, 2.75) is 0 Å². The minimum atomic E-state index is -0.0488. The summed E-state index contributed by atoms with van der Waals surface area (Å²) in [4.78, 5) is 24.0. The van der Waals surface area contributed by atoms with Gasteiger partial charge in [-0.3, -0.25) is 9.59 Å². The van der Waals surface area contributed by atoms with Crippen LogP contribution in [0.15, 0.2) is 97.1 Å². The van der Waals surface area contributed by atoms with Crippen molar-refractivity contribution in [1.82, 2.24) is 0 Å². The van der Waals surface area contributed by atoms with Crippen molar-refractivity contribution in [3.05, 3.63) is 119 Å². The maximum absolute atomic E-state index is 12.0. The molecule has 32 heavy (non-hydrogen) atoms. The Bertz CT molecular complexity index is 1170. The quantitative estimate of drug-likeness (QED) is 0.287. The van der Waals surface area contributed by atoms with Gasteiger partial charge in [-0.05, 0) is 66.7 Å². The highest BCUT2D eigenvalue weighted by Gasteiger charge is 2.09. The third kappa shape index (κ3) is 5.52. The number of hydrogen-bond donors (Lipinski definition) is 4. The van der Waals surface area contributed by atoms with E-state index in [9.17, 15) is 9.59 Å². The average Bonchev–Trinajstić information content (AvgIpc) is 2.82. The second-order valence-electron chi connectivity index (χ2n) is 7.11. The van der Waals surface area contributed by atoms with Crippen LogP contribution < -0.4 is 22.9 Å². The third-order valence-electron chi connectivity index (χ3n) is 4.73. The van der Waals surface area contributed by atoms with Crippen LogP contribution in [-0.2, 0) is 0 Å². The van der Waals surface area contributed by atoms with Gasteiger partial charge in [-0.1, -0.05) is 30.3 Å². The van der Waals surface area contributed by atoms with Gasteiger partial charge in [0.15, 0.2) is 11.6 Å². The highest BCUT2D eigenvalue weighted by Crippen LogP contribution is 2.18. The van der Waals surface area contributed by atoms with E-state index in [-0.39, 0.29) is 11.6 Å². The second kappa shape index (κ2) is 9.95. The first-order valence-electron chi connectivity index (χ1n) is 9.85. The van der Waals surface area contributed by atoms with E-state index in [0.29, 0.717) is 45.0 Å². The first-order chi connectivity index (χ1) is 15.3. The van der Waals surface area contributed by atoms with Crippen LogP contribution in [0.2, 0.25) is 0 Å². The second-order valence-corrected chi connectivity index (χ2v) is 7.11. The van der Waals surface area contributed by atoms with Crippen molar-refractivity contribution in [1.29, 1.82) is 0 Å². The minimum Gasteiger partial charge on any atom is -0.399 e. The molecule has 0 aromatic heterocycles. The van der Waals surface area contributed by atoms with Crippen LogP contribution in [0.1, 0.15) is 31.8 Å². The van der Waals surface area contributed by atoms with Gasteiger partial charge < -0.3 is 22.9 Å². The predicted molar refractivity (Wildman–Crippen MR) is 130 cm³/mol. The molecule has 0 saturated heterocycles. The van der Waals surface area contributed by atoms with Gasteiger partial charge in [0, 0.05) is 33.6 Å². The van der Waals surface area contributed by atoms with Crippen molar-refractivity contribution in [2.75, 3.05) is 22.9 Å². The summed E-state index contributed by atoms with van der Waals surface area (Å²) >= 11 is 0. The maximum Gasteiger partial charge on any atom is 0.193 e. The molecule has 0 amide bonds. The number of anilines is 4. The molecule has 0 aliphatic rings. The van der Waals surface area contributed by atoms with Gasteiger partial charge in [0.1, 0.15) is 0 Å². The first kappa shape index (κ1) is 22.1. The predicted octanol–water partition coefficient (Wildman–Crippen LogP) is 4.16. The molecule has 0 bridgehead atoms. The van der Waals surface area contributed by atoms with Crippen LogP contribution in [-0.4, -0.2) is 11.6 Å². The van der Waals surface area contributed by atoms with Crippen LogP contribution in [0.3, 0.4) is 0 Å². The number of nitrogens with two attached hydrogens (primary N) is 4. The normalized spacial score (nSPS) is 10.0. The molecule has 0 aliphatic heterocycles. The van der Waals surface area contributed by atoms with E-state index in [1.165, 1.54) is 0 Å². The fourth-order valence-corrected chi connectivity index (χ4v) is 2.91. The summed E-state index contributed by atoms with van der Waals surface area (Å²) in [5.41, 5.74) is 27.0. The Labute approximate surface area is 186 Å². The zero-order valence-corrected chi connectivity index (χ0v) is 17.4. The molecular weight excluding hydrogens is 400 g/mol. The highest BCUT2D eigenvalue weighted by atomic mass is 16.1. The van der Waals surface area contributed by atoms with Crippen LogP contribution >= 0.6 is 0 Å². The Morgan fingerprint density at radius 3 is 1.31 bits per heavy atom. The van der Waals surface area contributed by atoms with Gasteiger partial charge in [0.2, 0.25) is 0 Å². The summed E-state index contributed by atoms with van der Waals surface area (Å²) in [6.07, 6.45) is 0. The summed E-state index contributed by atoms with van der Waals surface area (Å²) in [7, 11) is 0. The number of nitrogen functional groups attached to an aromatic ring is 4. The van der Waals surface area contributed by atoms with Crippen molar-refractivity contribution in [3.8, 4) is 0 Å². The lowest BCUT2D eigenvalue weighted by atomic mass is 10.0. The van der Waals surface area contributed by atoms with Crippen LogP contribution in [0.5, 0.6) is 0 Å². The fraction of sp³-hybridized carbons (Fsp3) is 0. The lowest BCUT2D eigenvalue weighted by Gasteiger charge is -2.04. The summed E-state index contributed by atoms with van der Waals surface area (Å²) in [6, 6.07) is 27.7. The van der Waals surface area contributed by atoms with Crippen LogP contribution in [0.4, 0.5) is 22.7 Å². The van der Waals surface area contributed by atoms with E-state index in [4.69, 9.17) is 22.9 Å². The number of rotatable bonds is 4. The summed E-state index contributed by atoms with van der Waals surface area (Å²) in [5.74, 6) is -0.0766. The molecule has 4 rings (SSSR count). The molecule has 160 valence electrons. The van der Waals surface area contributed by atoms with Crippen LogP contribution in [0.25, 0.3) is 0 Å². The lowest BCUT2D eigenvalue weighted by molar-refractivity contribution is 0.103. The molecule has 0 heterocycles. The molecule has 8 N–H and O–H groups in total. The molecule has 0 radical (unpaired) electrons. The molecule has 6 heteroatoms. The van der Waals surface area contributed by atoms with E-state index >= 15 is 0 Å². The average molecular weight is 425 g/mol. The van der Waals surface area contributed by atoms with Gasteiger partial charge in [0.25, 0.3) is 0 Å². The number of ketones is 2. The van der Waals surface area contributed by atoms with E-state index < -0.39 is 0 Å². The van der Waals surface area contributed by atoms with Crippen molar-refractivity contribution in [2.24, 2.45) is 0 Å². The molecule has 0 unspecified atom stereocenters. The third-order valence-corrected chi connectivity index (χ3v) is 4.73. The number of hydrogen-bond acceptors (Lipinski definition) is 6. The van der Waals surface area contributed by atoms with Crippen LogP contribution in [0, 0.1) is 0 Å². The SMILES string of the molecule is Nc1ccc(C(=O)c2ccc(N)cc2)cc1.Nc1ccc(C(=O)c2ccccc2)cc1N. The standard InChI is InChI=1S/2C13H12N2O/c14-11-5-1-9(2-6-11)13(16)10-3-7-12(15)8-4-10;14-11-7-6-10(8-12(11)15)13(16)9-4-2-1-3-5-9/h2*1-8H,14-15H2. The monoisotopic (exact) mass is 424 g/mol. The molecule has 0 fully saturated rings. The number of carbonyl (C=O) groups is 2. The molecule has 0 saturated carbocycles. The Kier molecular flexibility index (Phi) is 6.88. The Morgan fingerprint density at radius 1 is 0.438 bits per heavy atom. The fourth-order valence-electron chi connectivity index (χ4n) is 2.91. The molecule has 0 aliphatic carbocycles. The number of benzene rings is 4.